The summed E-state index contributed by atoms with van der Waals surface area (Å²) in [5.41, 5.74) is 7.53. The second-order valence-electron chi connectivity index (χ2n) is 4.70. The van der Waals surface area contributed by atoms with Gasteiger partial charge < -0.3 is 15.6 Å². The second kappa shape index (κ2) is 4.42. The number of nitrogens with two attached hydrogens (primary N) is 1. The molecule has 0 spiro atoms. The maximum Gasteiger partial charge on any atom is 0.161 e. The van der Waals surface area contributed by atoms with Gasteiger partial charge in [-0.3, -0.25) is 0 Å². The van der Waals surface area contributed by atoms with Crippen LogP contribution < -0.4 is 10.5 Å². The van der Waals surface area contributed by atoms with Crippen molar-refractivity contribution < 1.29 is 9.84 Å². The first kappa shape index (κ1) is 11.8. The molecule has 0 bridgehead atoms. The molecule has 1 aliphatic rings. The molecule has 1 heterocycles. The van der Waals surface area contributed by atoms with Gasteiger partial charge in [0.15, 0.2) is 17.3 Å². The number of anilines is 1. The summed E-state index contributed by atoms with van der Waals surface area (Å²) in [6.45, 7) is 0. The number of ether oxygens (including phenoxy) is 1. The van der Waals surface area contributed by atoms with Gasteiger partial charge in [0.05, 0.1) is 7.11 Å². The van der Waals surface area contributed by atoms with E-state index in [4.69, 9.17) is 10.5 Å². The topological polar surface area (TPSA) is 81.3 Å². The van der Waals surface area contributed by atoms with E-state index in [2.05, 4.69) is 9.97 Å². The summed E-state index contributed by atoms with van der Waals surface area (Å²) in [5.74, 6) is 2.01. The van der Waals surface area contributed by atoms with E-state index in [0.29, 0.717) is 23.3 Å². The minimum absolute atomic E-state index is 0.0685. The molecule has 0 radical (unpaired) electrons. The lowest BCUT2D eigenvalue weighted by Crippen LogP contribution is -1.99. The number of nitrogen functional groups attached to an aromatic ring is 1. The van der Waals surface area contributed by atoms with Crippen LogP contribution in [0, 0.1) is 0 Å². The summed E-state index contributed by atoms with van der Waals surface area (Å²) >= 11 is 0. The van der Waals surface area contributed by atoms with Gasteiger partial charge in [-0.15, -0.1) is 0 Å². The van der Waals surface area contributed by atoms with Crippen molar-refractivity contribution in [3.63, 3.8) is 0 Å². The van der Waals surface area contributed by atoms with Gasteiger partial charge >= 0.3 is 0 Å². The Kier molecular flexibility index (Phi) is 2.74. The highest BCUT2D eigenvalue weighted by Gasteiger charge is 2.26. The Morgan fingerprint density at radius 3 is 2.68 bits per heavy atom. The minimum Gasteiger partial charge on any atom is -0.504 e. The summed E-state index contributed by atoms with van der Waals surface area (Å²) in [6.07, 6.45) is 2.31. The van der Waals surface area contributed by atoms with Crippen molar-refractivity contribution in [1.82, 2.24) is 9.97 Å². The lowest BCUT2D eigenvalue weighted by molar-refractivity contribution is 0.373. The van der Waals surface area contributed by atoms with Crippen LogP contribution in [0.15, 0.2) is 24.3 Å². The lowest BCUT2D eigenvalue weighted by Gasteiger charge is -2.07. The molecular weight excluding hydrogens is 242 g/mol. The van der Waals surface area contributed by atoms with Gasteiger partial charge in [0, 0.05) is 23.2 Å². The van der Waals surface area contributed by atoms with Gasteiger partial charge in [-0.2, -0.15) is 0 Å². The van der Waals surface area contributed by atoms with Crippen LogP contribution in [0.2, 0.25) is 0 Å². The Morgan fingerprint density at radius 1 is 1.26 bits per heavy atom. The highest BCUT2D eigenvalue weighted by atomic mass is 16.5. The number of phenols is 1. The van der Waals surface area contributed by atoms with Crippen LogP contribution in [-0.4, -0.2) is 22.2 Å². The summed E-state index contributed by atoms with van der Waals surface area (Å²) in [7, 11) is 1.51. The number of methoxy groups -OCH3 is 1. The van der Waals surface area contributed by atoms with Crippen LogP contribution in [0.1, 0.15) is 24.5 Å². The number of aromatic nitrogens is 2. The normalized spacial score (nSPS) is 14.4. The van der Waals surface area contributed by atoms with Gasteiger partial charge in [0.25, 0.3) is 0 Å². The lowest BCUT2D eigenvalue weighted by atomic mass is 10.1. The number of hydrogen-bond donors (Lipinski definition) is 2. The Hall–Kier alpha value is -2.30. The van der Waals surface area contributed by atoms with Crippen molar-refractivity contribution in [1.29, 1.82) is 0 Å². The average molecular weight is 257 g/mol. The summed E-state index contributed by atoms with van der Waals surface area (Å²) in [5, 5.41) is 9.80. The fraction of sp³-hybridized carbons (Fsp3) is 0.286. The molecule has 1 aliphatic carbocycles. The summed E-state index contributed by atoms with van der Waals surface area (Å²) in [4.78, 5) is 8.75. The van der Waals surface area contributed by atoms with E-state index < -0.39 is 0 Å². The predicted octanol–water partition coefficient (Wildman–Crippen LogP) is 2.32. The molecule has 5 heteroatoms. The molecule has 3 rings (SSSR count). The molecule has 1 aromatic carbocycles. The van der Waals surface area contributed by atoms with Gasteiger partial charge in [-0.1, -0.05) is 0 Å². The van der Waals surface area contributed by atoms with E-state index in [-0.39, 0.29) is 5.75 Å². The monoisotopic (exact) mass is 257 g/mol. The van der Waals surface area contributed by atoms with Gasteiger partial charge in [-0.05, 0) is 31.0 Å². The van der Waals surface area contributed by atoms with Crippen molar-refractivity contribution >= 4 is 5.82 Å². The molecule has 0 aliphatic heterocycles. The van der Waals surface area contributed by atoms with E-state index >= 15 is 0 Å². The Balaban J connectivity index is 2.03. The molecule has 0 amide bonds. The third-order valence-corrected chi connectivity index (χ3v) is 3.20. The maximum atomic E-state index is 9.80. The SMILES string of the molecule is COc1ccc(-c2nc(N)cc(C3CC3)n2)cc1O. The molecule has 0 unspecified atom stereocenters. The smallest absolute Gasteiger partial charge is 0.161 e. The van der Waals surface area contributed by atoms with Gasteiger partial charge in [-0.25, -0.2) is 9.97 Å². The molecule has 1 fully saturated rings. The third-order valence-electron chi connectivity index (χ3n) is 3.20. The van der Waals surface area contributed by atoms with Crippen molar-refractivity contribution in [3.05, 3.63) is 30.0 Å². The van der Waals surface area contributed by atoms with Crippen molar-refractivity contribution in [2.24, 2.45) is 0 Å². The molecule has 0 saturated heterocycles. The standard InChI is InChI=1S/C14H15N3O2/c1-19-12-5-4-9(6-11(12)18)14-16-10(8-2-3-8)7-13(15)17-14/h4-8,18H,2-3H2,1H3,(H2,15,16,17). The molecule has 5 nitrogen and oxygen atoms in total. The first-order chi connectivity index (χ1) is 9.17. The van der Waals surface area contributed by atoms with Crippen molar-refractivity contribution in [3.8, 4) is 22.9 Å². The number of aromatic hydroxyl groups is 1. The molecule has 19 heavy (non-hydrogen) atoms. The maximum absolute atomic E-state index is 9.80. The van der Waals surface area contributed by atoms with Crippen LogP contribution in [0.4, 0.5) is 5.82 Å². The molecule has 3 N–H and O–H groups in total. The Labute approximate surface area is 111 Å². The molecule has 0 atom stereocenters. The first-order valence-corrected chi connectivity index (χ1v) is 6.19. The molecule has 1 aromatic heterocycles. The van der Waals surface area contributed by atoms with E-state index in [1.54, 1.807) is 12.1 Å². The first-order valence-electron chi connectivity index (χ1n) is 6.19. The third kappa shape index (κ3) is 2.31. The van der Waals surface area contributed by atoms with Crippen LogP contribution in [0.25, 0.3) is 11.4 Å². The predicted molar refractivity (Wildman–Crippen MR) is 72.1 cm³/mol. The van der Waals surface area contributed by atoms with Crippen LogP contribution >= 0.6 is 0 Å². The van der Waals surface area contributed by atoms with Gasteiger partial charge in [0.1, 0.15) is 5.82 Å². The summed E-state index contributed by atoms with van der Waals surface area (Å²) < 4.78 is 5.02. The van der Waals surface area contributed by atoms with Crippen LogP contribution in [0.3, 0.4) is 0 Å². The quantitative estimate of drug-likeness (QED) is 0.881. The molecule has 98 valence electrons. The largest absolute Gasteiger partial charge is 0.504 e. The number of benzene rings is 1. The zero-order chi connectivity index (χ0) is 13.4. The number of rotatable bonds is 3. The molecular formula is C14H15N3O2. The fourth-order valence-electron chi connectivity index (χ4n) is 2.03. The van der Waals surface area contributed by atoms with E-state index in [1.165, 1.54) is 7.11 Å². The van der Waals surface area contributed by atoms with E-state index in [0.717, 1.165) is 24.1 Å². The van der Waals surface area contributed by atoms with E-state index in [1.807, 2.05) is 12.1 Å². The van der Waals surface area contributed by atoms with E-state index in [9.17, 15) is 5.11 Å². The second-order valence-corrected chi connectivity index (χ2v) is 4.70. The fourth-order valence-corrected chi connectivity index (χ4v) is 2.03. The number of phenolic OH excluding ortho intramolecular Hbond substituents is 1. The van der Waals surface area contributed by atoms with Gasteiger partial charge in [0.2, 0.25) is 0 Å². The minimum atomic E-state index is 0.0685. The number of nitrogens with zero attached hydrogens (tertiary/aromatic N) is 2. The van der Waals surface area contributed by atoms with Crippen LogP contribution in [-0.2, 0) is 0 Å². The zero-order valence-electron chi connectivity index (χ0n) is 10.6. The summed E-state index contributed by atoms with van der Waals surface area (Å²) in [6, 6.07) is 6.91. The average Bonchev–Trinajstić information content (AvgIpc) is 3.22. The molecule has 2 aromatic rings. The Morgan fingerprint density at radius 2 is 2.05 bits per heavy atom. The highest BCUT2D eigenvalue weighted by Crippen LogP contribution is 2.40. The van der Waals surface area contributed by atoms with Crippen molar-refractivity contribution in [2.75, 3.05) is 12.8 Å². The zero-order valence-corrected chi connectivity index (χ0v) is 10.6. The Bertz CT molecular complexity index is 624. The van der Waals surface area contributed by atoms with Crippen LogP contribution in [0.5, 0.6) is 11.5 Å². The highest BCUT2D eigenvalue weighted by molar-refractivity contribution is 5.62. The molecule has 1 saturated carbocycles. The number of hydrogen-bond acceptors (Lipinski definition) is 5. The van der Waals surface area contributed by atoms with Crippen molar-refractivity contribution in [2.45, 2.75) is 18.8 Å².